The molecule has 0 aromatic heterocycles. The smallest absolute Gasteiger partial charge is 0.407 e. The molecule has 7 heteroatoms. The van der Waals surface area contributed by atoms with Gasteiger partial charge in [0.25, 0.3) is 5.91 Å². The number of carbonyl (C=O) groups is 3. The van der Waals surface area contributed by atoms with Crippen LogP contribution in [0.3, 0.4) is 0 Å². The van der Waals surface area contributed by atoms with E-state index in [2.05, 4.69) is 41.5 Å². The van der Waals surface area contributed by atoms with Crippen molar-refractivity contribution in [3.8, 4) is 23.0 Å². The first-order chi connectivity index (χ1) is 16.4. The van der Waals surface area contributed by atoms with Crippen molar-refractivity contribution in [2.24, 2.45) is 5.92 Å². The number of fused-ring (bicyclic) bond motifs is 3. The van der Waals surface area contributed by atoms with Crippen molar-refractivity contribution in [1.29, 1.82) is 0 Å². The van der Waals surface area contributed by atoms with E-state index in [4.69, 9.17) is 4.74 Å². The second-order valence-corrected chi connectivity index (χ2v) is 9.00. The first-order valence-corrected chi connectivity index (χ1v) is 11.5. The van der Waals surface area contributed by atoms with Gasteiger partial charge in [-0.15, -0.1) is 0 Å². The Balaban J connectivity index is 1.27. The molecule has 2 aliphatic rings. The van der Waals surface area contributed by atoms with Gasteiger partial charge in [0.2, 0.25) is 0 Å². The van der Waals surface area contributed by atoms with Gasteiger partial charge in [-0.25, -0.2) is 9.59 Å². The minimum atomic E-state index is -1.27. The van der Waals surface area contributed by atoms with Gasteiger partial charge >= 0.3 is 12.1 Å². The molecular formula is C27H28N2O5. The van der Waals surface area contributed by atoms with Crippen molar-refractivity contribution >= 4 is 18.0 Å². The molecule has 0 saturated heterocycles. The molecule has 34 heavy (non-hydrogen) atoms. The normalized spacial score (nSPS) is 20.8. The lowest BCUT2D eigenvalue weighted by molar-refractivity contribution is -0.148. The molecule has 2 amide bonds. The minimum Gasteiger partial charge on any atom is -0.480 e. The van der Waals surface area contributed by atoms with E-state index in [0.717, 1.165) is 35.1 Å². The summed E-state index contributed by atoms with van der Waals surface area (Å²) in [6.45, 7) is 2.18. The Labute approximate surface area is 198 Å². The third-order valence-electron chi connectivity index (χ3n) is 6.76. The molecule has 4 rings (SSSR count). The fourth-order valence-corrected chi connectivity index (χ4v) is 4.79. The second kappa shape index (κ2) is 10.0. The van der Waals surface area contributed by atoms with Crippen molar-refractivity contribution in [3.63, 3.8) is 0 Å². The number of hydrogen-bond acceptors (Lipinski definition) is 4. The number of carbonyl (C=O) groups excluding carboxylic acids is 2. The van der Waals surface area contributed by atoms with Crippen LogP contribution in [-0.2, 0) is 14.3 Å². The van der Waals surface area contributed by atoms with Crippen molar-refractivity contribution in [2.75, 3.05) is 13.2 Å². The minimum absolute atomic E-state index is 0.0413. The highest BCUT2D eigenvalue weighted by Gasteiger charge is 2.42. The van der Waals surface area contributed by atoms with Gasteiger partial charge in [-0.05, 0) is 59.8 Å². The zero-order chi connectivity index (χ0) is 24.1. The van der Waals surface area contributed by atoms with E-state index in [-0.39, 0.29) is 19.1 Å². The molecule has 7 nitrogen and oxygen atoms in total. The number of aliphatic carboxylic acids is 1. The van der Waals surface area contributed by atoms with E-state index >= 15 is 0 Å². The van der Waals surface area contributed by atoms with E-state index < -0.39 is 23.5 Å². The van der Waals surface area contributed by atoms with Crippen LogP contribution in [-0.4, -0.2) is 41.8 Å². The first kappa shape index (κ1) is 23.4. The monoisotopic (exact) mass is 460 g/mol. The number of nitrogens with one attached hydrogen (secondary N) is 2. The van der Waals surface area contributed by atoms with Gasteiger partial charge in [-0.3, -0.25) is 4.79 Å². The molecular weight excluding hydrogens is 432 g/mol. The van der Waals surface area contributed by atoms with Crippen LogP contribution in [0.15, 0.2) is 48.5 Å². The number of carboxylic acid groups (broad SMARTS) is 1. The van der Waals surface area contributed by atoms with Crippen LogP contribution in [0.2, 0.25) is 0 Å². The fourth-order valence-electron chi connectivity index (χ4n) is 4.79. The van der Waals surface area contributed by atoms with E-state index in [1.54, 1.807) is 0 Å². The molecule has 0 aliphatic heterocycles. The number of rotatable bonds is 5. The predicted molar refractivity (Wildman–Crippen MR) is 127 cm³/mol. The van der Waals surface area contributed by atoms with E-state index in [1.165, 1.54) is 0 Å². The van der Waals surface area contributed by atoms with E-state index in [0.29, 0.717) is 18.8 Å². The third kappa shape index (κ3) is 4.91. The molecule has 0 spiro atoms. The summed E-state index contributed by atoms with van der Waals surface area (Å²) in [6.07, 6.45) is 1.62. The lowest BCUT2D eigenvalue weighted by atomic mass is 9.77. The Morgan fingerprint density at radius 1 is 1.03 bits per heavy atom. The summed E-state index contributed by atoms with van der Waals surface area (Å²) < 4.78 is 5.43. The molecule has 0 atom stereocenters. The summed E-state index contributed by atoms with van der Waals surface area (Å²) in [6, 6.07) is 16.2. The summed E-state index contributed by atoms with van der Waals surface area (Å²) >= 11 is 0. The van der Waals surface area contributed by atoms with Crippen LogP contribution >= 0.6 is 0 Å². The molecule has 3 N–H and O–H groups in total. The topological polar surface area (TPSA) is 105 Å². The third-order valence-corrected chi connectivity index (χ3v) is 6.76. The number of alkyl carbamates (subject to hydrolysis) is 1. The molecule has 176 valence electrons. The summed E-state index contributed by atoms with van der Waals surface area (Å²) in [4.78, 5) is 36.1. The Morgan fingerprint density at radius 3 is 2.21 bits per heavy atom. The highest BCUT2D eigenvalue weighted by molar-refractivity contribution is 5.97. The number of ether oxygens (including phenoxy) is 1. The van der Waals surface area contributed by atoms with Crippen molar-refractivity contribution in [2.45, 2.75) is 44.1 Å². The SMILES string of the molecule is CC1CCC(NC(=O)C#CCNC(=O)OCC2c3ccccc3-c3ccccc32)(C(=O)O)CC1. The molecule has 2 aliphatic carbocycles. The van der Waals surface area contributed by atoms with Gasteiger partial charge in [0.1, 0.15) is 12.1 Å². The maximum Gasteiger partial charge on any atom is 0.407 e. The molecule has 0 heterocycles. The molecule has 0 bridgehead atoms. The van der Waals surface area contributed by atoms with Gasteiger partial charge in [0.15, 0.2) is 0 Å². The standard InChI is InChI=1S/C27H28N2O5/c1-18-12-14-27(15-13-18,25(31)32)29-24(30)11-6-16-28-26(33)34-17-23-21-9-4-2-7-19(21)20-8-3-5-10-22(20)23/h2-5,7-10,18,23H,12-17H2,1H3,(H,28,33)(H,29,30)(H,31,32). The maximum atomic E-state index is 12.2. The summed E-state index contributed by atoms with van der Waals surface area (Å²) in [5.41, 5.74) is 3.28. The average Bonchev–Trinajstić information content (AvgIpc) is 3.16. The van der Waals surface area contributed by atoms with Crippen molar-refractivity contribution < 1.29 is 24.2 Å². The van der Waals surface area contributed by atoms with Gasteiger partial charge in [0, 0.05) is 5.92 Å². The van der Waals surface area contributed by atoms with E-state index in [1.807, 2.05) is 36.4 Å². The highest BCUT2D eigenvalue weighted by Crippen LogP contribution is 2.44. The molecule has 1 fully saturated rings. The largest absolute Gasteiger partial charge is 0.480 e. The quantitative estimate of drug-likeness (QED) is 0.591. The summed E-state index contributed by atoms with van der Waals surface area (Å²) in [5, 5.41) is 14.7. The number of carboxylic acids is 1. The zero-order valence-corrected chi connectivity index (χ0v) is 19.1. The lowest BCUT2D eigenvalue weighted by Crippen LogP contribution is -2.56. The Kier molecular flexibility index (Phi) is 6.87. The van der Waals surface area contributed by atoms with Crippen LogP contribution in [0.25, 0.3) is 11.1 Å². The number of benzene rings is 2. The molecule has 0 radical (unpaired) electrons. The Hall–Kier alpha value is -3.79. The molecule has 2 aromatic rings. The van der Waals surface area contributed by atoms with Gasteiger partial charge in [-0.1, -0.05) is 61.4 Å². The van der Waals surface area contributed by atoms with Crippen LogP contribution in [0.1, 0.15) is 49.7 Å². The van der Waals surface area contributed by atoms with Crippen LogP contribution in [0.4, 0.5) is 4.79 Å². The van der Waals surface area contributed by atoms with Crippen LogP contribution in [0.5, 0.6) is 0 Å². The zero-order valence-electron chi connectivity index (χ0n) is 19.1. The molecule has 2 aromatic carbocycles. The summed E-state index contributed by atoms with van der Waals surface area (Å²) in [5.74, 6) is 3.63. The predicted octanol–water partition coefficient (Wildman–Crippen LogP) is 3.68. The summed E-state index contributed by atoms with van der Waals surface area (Å²) in [7, 11) is 0. The van der Waals surface area contributed by atoms with E-state index in [9.17, 15) is 19.5 Å². The fraction of sp³-hybridized carbons (Fsp3) is 0.370. The first-order valence-electron chi connectivity index (χ1n) is 11.5. The Bertz CT molecular complexity index is 1110. The van der Waals surface area contributed by atoms with Crippen molar-refractivity contribution in [1.82, 2.24) is 10.6 Å². The van der Waals surface area contributed by atoms with Crippen molar-refractivity contribution in [3.05, 3.63) is 59.7 Å². The number of hydrogen-bond donors (Lipinski definition) is 3. The molecule has 0 unspecified atom stereocenters. The molecule has 1 saturated carbocycles. The van der Waals surface area contributed by atoms with Crippen LogP contribution < -0.4 is 10.6 Å². The number of amides is 2. The average molecular weight is 461 g/mol. The van der Waals surface area contributed by atoms with Gasteiger partial charge in [0.05, 0.1) is 6.54 Å². The maximum absolute atomic E-state index is 12.2. The van der Waals surface area contributed by atoms with Crippen LogP contribution in [0, 0.1) is 17.8 Å². The highest BCUT2D eigenvalue weighted by atomic mass is 16.5. The van der Waals surface area contributed by atoms with Gasteiger partial charge in [-0.2, -0.15) is 0 Å². The van der Waals surface area contributed by atoms with Gasteiger partial charge < -0.3 is 20.5 Å². The lowest BCUT2D eigenvalue weighted by Gasteiger charge is -2.35. The Morgan fingerprint density at radius 2 is 1.62 bits per heavy atom. The second-order valence-electron chi connectivity index (χ2n) is 9.00.